The van der Waals surface area contributed by atoms with Gasteiger partial charge in [0.1, 0.15) is 0 Å². The number of carbonyl (C=O) groups excluding carboxylic acids is 2. The van der Waals surface area contributed by atoms with E-state index in [1.54, 1.807) is 28.9 Å². The molecule has 0 unspecified atom stereocenters. The summed E-state index contributed by atoms with van der Waals surface area (Å²) in [6.07, 6.45) is 4.61. The zero-order valence-corrected chi connectivity index (χ0v) is 13.6. The van der Waals surface area contributed by atoms with Crippen molar-refractivity contribution >= 4 is 17.6 Å². The smallest absolute Gasteiger partial charge is 0.239 e. The number of rotatable bonds is 6. The fourth-order valence-corrected chi connectivity index (χ4v) is 2.70. The van der Waals surface area contributed by atoms with Crippen LogP contribution in [0.1, 0.15) is 26.2 Å². The second-order valence-electron chi connectivity index (χ2n) is 5.81. The van der Waals surface area contributed by atoms with Crippen LogP contribution in [-0.2, 0) is 16.6 Å². The van der Waals surface area contributed by atoms with Gasteiger partial charge in [0.15, 0.2) is 5.82 Å². The van der Waals surface area contributed by atoms with Crippen LogP contribution in [0.15, 0.2) is 12.3 Å². The predicted octanol–water partition coefficient (Wildman–Crippen LogP) is 0.691. The van der Waals surface area contributed by atoms with Crippen LogP contribution < -0.4 is 5.32 Å². The Morgan fingerprint density at radius 1 is 1.41 bits per heavy atom. The first kappa shape index (κ1) is 16.5. The van der Waals surface area contributed by atoms with E-state index in [2.05, 4.69) is 17.3 Å². The summed E-state index contributed by atoms with van der Waals surface area (Å²) in [4.78, 5) is 28.2. The molecule has 1 aliphatic heterocycles. The van der Waals surface area contributed by atoms with Crippen LogP contribution in [0, 0.1) is 0 Å². The number of carbonyl (C=O) groups is 2. The lowest BCUT2D eigenvalue weighted by Crippen LogP contribution is -2.57. The average Bonchev–Trinajstić information content (AvgIpc) is 2.87. The zero-order valence-electron chi connectivity index (χ0n) is 13.6. The lowest BCUT2D eigenvalue weighted by molar-refractivity contribution is -0.141. The number of aromatic nitrogens is 2. The number of nitrogens with zero attached hydrogens (tertiary/aromatic N) is 4. The highest BCUT2D eigenvalue weighted by Gasteiger charge is 2.33. The minimum Gasteiger partial charge on any atom is -0.343 e. The van der Waals surface area contributed by atoms with E-state index in [9.17, 15) is 9.59 Å². The maximum Gasteiger partial charge on any atom is 0.239 e. The van der Waals surface area contributed by atoms with Gasteiger partial charge in [0.2, 0.25) is 11.8 Å². The molecule has 0 aliphatic carbocycles. The summed E-state index contributed by atoms with van der Waals surface area (Å²) in [6.45, 7) is 3.73. The zero-order chi connectivity index (χ0) is 16.1. The highest BCUT2D eigenvalue weighted by atomic mass is 16.2. The molecule has 2 heterocycles. The van der Waals surface area contributed by atoms with E-state index >= 15 is 0 Å². The number of hydrogen-bond acceptors (Lipinski definition) is 4. The Kier molecular flexibility index (Phi) is 5.54. The van der Waals surface area contributed by atoms with E-state index < -0.39 is 0 Å². The Morgan fingerprint density at radius 3 is 2.82 bits per heavy atom. The number of aryl methyl sites for hydroxylation is 1. The summed E-state index contributed by atoms with van der Waals surface area (Å²) in [5.41, 5.74) is 0. The summed E-state index contributed by atoms with van der Waals surface area (Å²) in [7, 11) is 3.63. The van der Waals surface area contributed by atoms with Crippen molar-refractivity contribution in [1.29, 1.82) is 0 Å². The Bertz CT molecular complexity index is 528. The first-order valence-electron chi connectivity index (χ1n) is 7.79. The van der Waals surface area contributed by atoms with Crippen molar-refractivity contribution in [1.82, 2.24) is 19.6 Å². The van der Waals surface area contributed by atoms with Gasteiger partial charge in [-0.1, -0.05) is 19.8 Å². The Balaban J connectivity index is 1.95. The molecule has 7 heteroatoms. The quantitative estimate of drug-likeness (QED) is 0.839. The lowest BCUT2D eigenvalue weighted by Gasteiger charge is -2.38. The Hall–Kier alpha value is -1.89. The molecule has 1 atom stereocenters. The van der Waals surface area contributed by atoms with Crippen molar-refractivity contribution < 1.29 is 9.59 Å². The van der Waals surface area contributed by atoms with Crippen LogP contribution in [-0.4, -0.2) is 64.1 Å². The van der Waals surface area contributed by atoms with Crippen LogP contribution in [0.5, 0.6) is 0 Å². The van der Waals surface area contributed by atoms with Gasteiger partial charge in [-0.15, -0.1) is 0 Å². The van der Waals surface area contributed by atoms with Crippen molar-refractivity contribution in [2.45, 2.75) is 32.2 Å². The standard InChI is InChI=1S/C15H25N5O2/c1-4-5-6-12-15(22)18(2)9-10-20(12)11-14(21)16-13-7-8-19(3)17-13/h7-8,12H,4-6,9-11H2,1-3H3,(H,16,17,21)/t12-/m1/s1. The maximum atomic E-state index is 12.3. The molecule has 0 saturated carbocycles. The number of amides is 2. The van der Waals surface area contributed by atoms with Gasteiger partial charge >= 0.3 is 0 Å². The lowest BCUT2D eigenvalue weighted by atomic mass is 10.0. The summed E-state index contributed by atoms with van der Waals surface area (Å²) in [6, 6.07) is 1.56. The number of nitrogens with one attached hydrogen (secondary N) is 1. The Labute approximate surface area is 131 Å². The molecule has 1 aromatic rings. The van der Waals surface area contributed by atoms with Crippen molar-refractivity contribution in [3.8, 4) is 0 Å². The monoisotopic (exact) mass is 307 g/mol. The molecule has 1 aromatic heterocycles. The van der Waals surface area contributed by atoms with Crippen LogP contribution in [0.2, 0.25) is 0 Å². The van der Waals surface area contributed by atoms with E-state index in [1.807, 2.05) is 11.9 Å². The van der Waals surface area contributed by atoms with Crippen LogP contribution in [0.25, 0.3) is 0 Å². The first-order chi connectivity index (χ1) is 10.5. The molecule has 1 aliphatic rings. The van der Waals surface area contributed by atoms with Crippen molar-refractivity contribution in [2.75, 3.05) is 32.0 Å². The van der Waals surface area contributed by atoms with Gasteiger partial charge in [-0.3, -0.25) is 19.2 Å². The molecule has 1 N–H and O–H groups in total. The molecule has 22 heavy (non-hydrogen) atoms. The molecule has 0 bridgehead atoms. The SMILES string of the molecule is CCCC[C@@H]1C(=O)N(C)CCN1CC(=O)Nc1ccn(C)n1. The molecular formula is C15H25N5O2. The van der Waals surface area contributed by atoms with E-state index in [1.165, 1.54) is 0 Å². The summed E-state index contributed by atoms with van der Waals surface area (Å²) in [5, 5.41) is 6.91. The van der Waals surface area contributed by atoms with E-state index in [-0.39, 0.29) is 24.4 Å². The number of piperazine rings is 1. The third kappa shape index (κ3) is 4.07. The summed E-state index contributed by atoms with van der Waals surface area (Å²) in [5.74, 6) is 0.529. The van der Waals surface area contributed by atoms with Gasteiger partial charge in [0.25, 0.3) is 0 Å². The van der Waals surface area contributed by atoms with E-state index in [4.69, 9.17) is 0 Å². The normalized spacial score (nSPS) is 19.5. The molecule has 1 saturated heterocycles. The van der Waals surface area contributed by atoms with Crippen LogP contribution in [0.4, 0.5) is 5.82 Å². The second kappa shape index (κ2) is 7.40. The van der Waals surface area contributed by atoms with Gasteiger partial charge in [-0.05, 0) is 6.42 Å². The summed E-state index contributed by atoms with van der Waals surface area (Å²) >= 11 is 0. The van der Waals surface area contributed by atoms with Gasteiger partial charge in [-0.2, -0.15) is 5.10 Å². The van der Waals surface area contributed by atoms with Crippen LogP contribution >= 0.6 is 0 Å². The van der Waals surface area contributed by atoms with E-state index in [0.717, 1.165) is 25.8 Å². The second-order valence-corrected chi connectivity index (χ2v) is 5.81. The number of hydrogen-bond donors (Lipinski definition) is 1. The maximum absolute atomic E-state index is 12.3. The minimum absolute atomic E-state index is 0.116. The average molecular weight is 307 g/mol. The Morgan fingerprint density at radius 2 is 2.18 bits per heavy atom. The van der Waals surface area contributed by atoms with Crippen molar-refractivity contribution in [3.63, 3.8) is 0 Å². The van der Waals surface area contributed by atoms with Gasteiger partial charge in [0, 0.05) is 39.4 Å². The van der Waals surface area contributed by atoms with Gasteiger partial charge in [0.05, 0.1) is 12.6 Å². The highest BCUT2D eigenvalue weighted by Crippen LogP contribution is 2.16. The topological polar surface area (TPSA) is 70.5 Å². The fourth-order valence-electron chi connectivity index (χ4n) is 2.70. The molecule has 0 radical (unpaired) electrons. The molecule has 0 spiro atoms. The number of unbranched alkanes of at least 4 members (excludes halogenated alkanes) is 1. The van der Waals surface area contributed by atoms with Crippen molar-refractivity contribution in [3.05, 3.63) is 12.3 Å². The third-order valence-corrected chi connectivity index (χ3v) is 3.98. The summed E-state index contributed by atoms with van der Waals surface area (Å²) < 4.78 is 1.64. The number of likely N-dealkylation sites (N-methyl/N-ethyl adjacent to an activating group) is 1. The van der Waals surface area contributed by atoms with E-state index in [0.29, 0.717) is 12.4 Å². The fraction of sp³-hybridized carbons (Fsp3) is 0.667. The molecule has 2 rings (SSSR count). The third-order valence-electron chi connectivity index (χ3n) is 3.98. The molecule has 0 aromatic carbocycles. The first-order valence-corrected chi connectivity index (χ1v) is 7.79. The van der Waals surface area contributed by atoms with Crippen molar-refractivity contribution in [2.24, 2.45) is 7.05 Å². The van der Waals surface area contributed by atoms with Gasteiger partial charge < -0.3 is 10.2 Å². The molecule has 7 nitrogen and oxygen atoms in total. The highest BCUT2D eigenvalue weighted by molar-refractivity contribution is 5.92. The molecule has 1 fully saturated rings. The largest absolute Gasteiger partial charge is 0.343 e. The van der Waals surface area contributed by atoms with Gasteiger partial charge in [-0.25, -0.2) is 0 Å². The minimum atomic E-state index is -0.187. The van der Waals surface area contributed by atoms with Crippen LogP contribution in [0.3, 0.4) is 0 Å². The molecular weight excluding hydrogens is 282 g/mol. The molecule has 122 valence electrons. The number of anilines is 1. The predicted molar refractivity (Wildman–Crippen MR) is 84.4 cm³/mol. The molecule has 2 amide bonds.